The Kier molecular flexibility index (Phi) is 6.21. The number of para-hydroxylation sites is 1. The molecule has 1 aromatic heterocycles. The molecule has 0 fully saturated rings. The number of aliphatic carboxylic acids is 1. The summed E-state index contributed by atoms with van der Waals surface area (Å²) in [6, 6.07) is 19.5. The van der Waals surface area contributed by atoms with E-state index in [1.54, 1.807) is 0 Å². The third kappa shape index (κ3) is 4.49. The van der Waals surface area contributed by atoms with Gasteiger partial charge in [-0.05, 0) is 61.6 Å². The van der Waals surface area contributed by atoms with Crippen LogP contribution in [0.15, 0.2) is 60.7 Å². The molecule has 6 nitrogen and oxygen atoms in total. The van der Waals surface area contributed by atoms with E-state index < -0.39 is 5.97 Å². The van der Waals surface area contributed by atoms with E-state index in [0.717, 1.165) is 70.1 Å². The molecule has 34 heavy (non-hydrogen) atoms. The molecule has 6 heteroatoms. The van der Waals surface area contributed by atoms with Crippen molar-refractivity contribution in [3.8, 4) is 11.5 Å². The number of nitrogens with zero attached hydrogens (tertiary/aromatic N) is 1. The van der Waals surface area contributed by atoms with Crippen molar-refractivity contribution in [2.45, 2.75) is 38.6 Å². The van der Waals surface area contributed by atoms with Gasteiger partial charge in [0.05, 0.1) is 18.7 Å². The smallest absolute Gasteiger partial charge is 0.323 e. The molecule has 0 aliphatic heterocycles. The third-order valence-electron chi connectivity index (χ3n) is 6.37. The van der Waals surface area contributed by atoms with Gasteiger partial charge in [-0.15, -0.1) is 0 Å². The number of aryl methyl sites for hydroxylation is 1. The number of benzene rings is 3. The number of aromatic nitrogens is 1. The summed E-state index contributed by atoms with van der Waals surface area (Å²) in [5.74, 6) is 0.832. The zero-order valence-corrected chi connectivity index (χ0v) is 19.0. The van der Waals surface area contributed by atoms with Gasteiger partial charge in [-0.3, -0.25) is 9.59 Å². The topological polar surface area (TPSA) is 77.8 Å². The van der Waals surface area contributed by atoms with Crippen molar-refractivity contribution in [3.05, 3.63) is 71.8 Å². The summed E-state index contributed by atoms with van der Waals surface area (Å²) < 4.78 is 13.6. The van der Waals surface area contributed by atoms with Crippen LogP contribution in [0, 0.1) is 0 Å². The fourth-order valence-corrected chi connectivity index (χ4v) is 4.69. The highest BCUT2D eigenvalue weighted by molar-refractivity contribution is 6.08. The molecule has 0 atom stereocenters. The van der Waals surface area contributed by atoms with Crippen molar-refractivity contribution >= 4 is 33.6 Å². The van der Waals surface area contributed by atoms with Crippen LogP contribution in [0.5, 0.6) is 11.5 Å². The van der Waals surface area contributed by atoms with Crippen molar-refractivity contribution in [1.82, 2.24) is 4.57 Å². The van der Waals surface area contributed by atoms with Crippen LogP contribution in [0.3, 0.4) is 0 Å². The van der Waals surface area contributed by atoms with Crippen molar-refractivity contribution in [3.63, 3.8) is 0 Å². The molecule has 5 rings (SSSR count). The number of carbonyl (C=O) groups excluding carboxylic acids is 1. The molecule has 0 amide bonds. The summed E-state index contributed by atoms with van der Waals surface area (Å²) >= 11 is 0. The number of rotatable bonds is 10. The lowest BCUT2D eigenvalue weighted by molar-refractivity contribution is -0.137. The molecule has 0 bridgehead atoms. The molecule has 174 valence electrons. The summed E-state index contributed by atoms with van der Waals surface area (Å²) in [5, 5.41) is 11.4. The Morgan fingerprint density at radius 1 is 0.824 bits per heavy atom. The molecule has 0 saturated heterocycles. The Labute approximate surface area is 197 Å². The number of unbranched alkanes of at least 4 members (excludes halogenated alkanes) is 2. The highest BCUT2D eigenvalue weighted by Gasteiger charge is 2.19. The minimum Gasteiger partial charge on any atom is -0.494 e. The number of fused-ring (bicyclic) bond motifs is 4. The monoisotopic (exact) mass is 457 g/mol. The van der Waals surface area contributed by atoms with Crippen LogP contribution >= 0.6 is 0 Å². The average molecular weight is 458 g/mol. The van der Waals surface area contributed by atoms with E-state index in [1.165, 1.54) is 0 Å². The maximum Gasteiger partial charge on any atom is 0.323 e. The number of carboxylic acids is 1. The van der Waals surface area contributed by atoms with Gasteiger partial charge in [-0.25, -0.2) is 0 Å². The number of ether oxygens (including phenoxy) is 2. The lowest BCUT2D eigenvalue weighted by Gasteiger charge is -2.09. The molecular weight excluding hydrogens is 430 g/mol. The maximum atomic E-state index is 11.9. The van der Waals surface area contributed by atoms with Gasteiger partial charge >= 0.3 is 5.97 Å². The predicted molar refractivity (Wildman–Crippen MR) is 131 cm³/mol. The number of Topliss-reactive ketones (excluding diaryl/α,β-unsaturated/α-hetero) is 1. The Morgan fingerprint density at radius 2 is 1.53 bits per heavy atom. The van der Waals surface area contributed by atoms with Gasteiger partial charge < -0.3 is 19.1 Å². The first-order valence-corrected chi connectivity index (χ1v) is 11.7. The van der Waals surface area contributed by atoms with Gasteiger partial charge in [0.25, 0.3) is 0 Å². The quantitative estimate of drug-likeness (QED) is 0.312. The van der Waals surface area contributed by atoms with Crippen molar-refractivity contribution < 1.29 is 24.2 Å². The molecule has 1 aliphatic carbocycles. The van der Waals surface area contributed by atoms with E-state index in [0.29, 0.717) is 19.6 Å². The Hall–Kier alpha value is -3.80. The van der Waals surface area contributed by atoms with Gasteiger partial charge in [0, 0.05) is 34.3 Å². The zero-order chi connectivity index (χ0) is 23.5. The highest BCUT2D eigenvalue weighted by atomic mass is 16.5. The number of carbonyl (C=O) groups is 2. The molecular formula is C28H27NO5. The van der Waals surface area contributed by atoms with E-state index in [9.17, 15) is 14.7 Å². The van der Waals surface area contributed by atoms with Crippen molar-refractivity contribution in [2.24, 2.45) is 0 Å². The van der Waals surface area contributed by atoms with Gasteiger partial charge in [0.1, 0.15) is 18.0 Å². The van der Waals surface area contributed by atoms with Crippen LogP contribution in [0.2, 0.25) is 0 Å². The van der Waals surface area contributed by atoms with E-state index in [2.05, 4.69) is 0 Å². The number of hydrogen-bond donors (Lipinski definition) is 1. The van der Waals surface area contributed by atoms with Crippen LogP contribution in [0.25, 0.3) is 21.8 Å². The fourth-order valence-electron chi connectivity index (χ4n) is 4.69. The van der Waals surface area contributed by atoms with E-state index in [4.69, 9.17) is 9.47 Å². The first-order valence-electron chi connectivity index (χ1n) is 11.7. The summed E-state index contributed by atoms with van der Waals surface area (Å²) in [7, 11) is 0. The molecule has 0 saturated carbocycles. The first kappa shape index (κ1) is 22.0. The third-order valence-corrected chi connectivity index (χ3v) is 6.37. The van der Waals surface area contributed by atoms with Gasteiger partial charge in [0.2, 0.25) is 0 Å². The Bertz CT molecular complexity index is 1370. The van der Waals surface area contributed by atoms with Crippen LogP contribution in [-0.4, -0.2) is 34.6 Å². The fraction of sp³-hybridized carbons (Fsp3) is 0.286. The maximum absolute atomic E-state index is 11.9. The summed E-state index contributed by atoms with van der Waals surface area (Å²) in [4.78, 5) is 23.3. The molecule has 0 radical (unpaired) electrons. The minimum atomic E-state index is -0.873. The van der Waals surface area contributed by atoms with E-state index >= 15 is 0 Å². The van der Waals surface area contributed by atoms with Crippen LogP contribution < -0.4 is 9.47 Å². The van der Waals surface area contributed by atoms with E-state index in [-0.39, 0.29) is 12.3 Å². The number of ketones is 1. The first-order chi connectivity index (χ1) is 16.6. The second-order valence-electron chi connectivity index (χ2n) is 8.68. The summed E-state index contributed by atoms with van der Waals surface area (Å²) in [6.45, 7) is 1.10. The Balaban J connectivity index is 1.13. The molecule has 4 aromatic rings. The SMILES string of the molecule is O=C(O)Cn1c2ccccc2c2ccc(OCCCCCOc3ccc4c(c3)C(=O)CC4)cc21. The molecule has 0 spiro atoms. The van der Waals surface area contributed by atoms with Gasteiger partial charge in [0.15, 0.2) is 5.78 Å². The Morgan fingerprint density at radius 3 is 2.32 bits per heavy atom. The molecule has 0 unspecified atom stereocenters. The second kappa shape index (κ2) is 9.59. The van der Waals surface area contributed by atoms with Crippen LogP contribution in [0.1, 0.15) is 41.6 Å². The van der Waals surface area contributed by atoms with E-state index in [1.807, 2.05) is 65.2 Å². The molecule has 1 aliphatic rings. The normalized spacial score (nSPS) is 12.9. The van der Waals surface area contributed by atoms with Crippen molar-refractivity contribution in [2.75, 3.05) is 13.2 Å². The summed E-state index contributed by atoms with van der Waals surface area (Å²) in [5.41, 5.74) is 3.70. The van der Waals surface area contributed by atoms with Crippen LogP contribution in [-0.2, 0) is 17.8 Å². The van der Waals surface area contributed by atoms with Crippen molar-refractivity contribution in [1.29, 1.82) is 0 Å². The average Bonchev–Trinajstić information content (AvgIpc) is 3.36. The predicted octanol–water partition coefficient (Wildman–Crippen LogP) is 5.64. The zero-order valence-electron chi connectivity index (χ0n) is 19.0. The molecule has 3 aromatic carbocycles. The number of hydrogen-bond acceptors (Lipinski definition) is 4. The lowest BCUT2D eigenvalue weighted by Crippen LogP contribution is -2.08. The standard InChI is InChI=1S/C28H27NO5/c30-27-13-9-19-8-10-20(16-24(19)27)33-14-4-1-5-15-34-21-11-12-23-22-6-2-3-7-25(22)29(18-28(31)32)26(23)17-21/h2-3,6-8,10-12,16-17H,1,4-5,9,13-15,18H2,(H,31,32). The van der Waals surface area contributed by atoms with Gasteiger partial charge in [-0.1, -0.05) is 24.3 Å². The minimum absolute atomic E-state index is 0.0914. The largest absolute Gasteiger partial charge is 0.494 e. The molecule has 1 heterocycles. The lowest BCUT2D eigenvalue weighted by atomic mass is 10.1. The molecule has 1 N–H and O–H groups in total. The number of carboxylic acid groups (broad SMARTS) is 1. The van der Waals surface area contributed by atoms with Crippen LogP contribution in [0.4, 0.5) is 0 Å². The second-order valence-corrected chi connectivity index (χ2v) is 8.68. The van der Waals surface area contributed by atoms with Gasteiger partial charge in [-0.2, -0.15) is 0 Å². The summed E-state index contributed by atoms with van der Waals surface area (Å²) in [6.07, 6.45) is 4.20. The highest BCUT2D eigenvalue weighted by Crippen LogP contribution is 2.31.